The number of nitrogens with one attached hydrogen (secondary N) is 1. The van der Waals surface area contributed by atoms with Crippen LogP contribution in [0.5, 0.6) is 0 Å². The Bertz CT molecular complexity index is 594. The van der Waals surface area contributed by atoms with Gasteiger partial charge in [-0.1, -0.05) is 32.0 Å². The SMILES string of the molecule is CC(C)c1nn(C)cc1-c1cccc(CNC2CC2)c1. The molecule has 3 nitrogen and oxygen atoms in total. The minimum Gasteiger partial charge on any atom is -0.310 e. The molecule has 2 aromatic rings. The van der Waals surface area contributed by atoms with Crippen LogP contribution in [-0.4, -0.2) is 15.8 Å². The Labute approximate surface area is 121 Å². The molecular formula is C17H23N3. The lowest BCUT2D eigenvalue weighted by molar-refractivity contribution is 0.688. The number of aryl methyl sites for hydroxylation is 1. The van der Waals surface area contributed by atoms with Crippen LogP contribution in [0.3, 0.4) is 0 Å². The molecule has 0 unspecified atom stereocenters. The van der Waals surface area contributed by atoms with E-state index in [0.717, 1.165) is 12.6 Å². The number of aromatic nitrogens is 2. The number of hydrogen-bond acceptors (Lipinski definition) is 2. The van der Waals surface area contributed by atoms with Gasteiger partial charge in [0.2, 0.25) is 0 Å². The van der Waals surface area contributed by atoms with Crippen molar-refractivity contribution in [3.05, 3.63) is 41.7 Å². The van der Waals surface area contributed by atoms with E-state index in [-0.39, 0.29) is 0 Å². The zero-order valence-electron chi connectivity index (χ0n) is 12.6. The van der Waals surface area contributed by atoms with Crippen molar-refractivity contribution < 1.29 is 0 Å². The summed E-state index contributed by atoms with van der Waals surface area (Å²) in [4.78, 5) is 0. The van der Waals surface area contributed by atoms with Gasteiger partial charge in [-0.25, -0.2) is 0 Å². The highest BCUT2D eigenvalue weighted by Gasteiger charge is 2.20. The maximum absolute atomic E-state index is 4.60. The van der Waals surface area contributed by atoms with Gasteiger partial charge in [-0.05, 0) is 36.0 Å². The van der Waals surface area contributed by atoms with Crippen molar-refractivity contribution in [1.82, 2.24) is 15.1 Å². The van der Waals surface area contributed by atoms with E-state index in [1.54, 1.807) is 0 Å². The molecule has 0 amide bonds. The van der Waals surface area contributed by atoms with Crippen molar-refractivity contribution in [2.24, 2.45) is 7.05 Å². The minimum atomic E-state index is 0.444. The third kappa shape index (κ3) is 2.93. The van der Waals surface area contributed by atoms with Crippen LogP contribution in [0.1, 0.15) is 43.9 Å². The molecule has 0 spiro atoms. The highest BCUT2D eigenvalue weighted by molar-refractivity contribution is 5.66. The summed E-state index contributed by atoms with van der Waals surface area (Å²) in [6.07, 6.45) is 4.79. The van der Waals surface area contributed by atoms with Crippen LogP contribution in [-0.2, 0) is 13.6 Å². The summed E-state index contributed by atoms with van der Waals surface area (Å²) in [5, 5.41) is 8.17. The molecule has 1 aromatic carbocycles. The molecule has 1 aromatic heterocycles. The maximum Gasteiger partial charge on any atom is 0.0728 e. The number of nitrogens with zero attached hydrogens (tertiary/aromatic N) is 2. The second-order valence-electron chi connectivity index (χ2n) is 6.11. The maximum atomic E-state index is 4.60. The smallest absolute Gasteiger partial charge is 0.0728 e. The van der Waals surface area contributed by atoms with Crippen LogP contribution in [0.4, 0.5) is 0 Å². The molecule has 20 heavy (non-hydrogen) atoms. The Balaban J connectivity index is 1.87. The van der Waals surface area contributed by atoms with E-state index >= 15 is 0 Å². The summed E-state index contributed by atoms with van der Waals surface area (Å²) in [6.45, 7) is 5.37. The van der Waals surface area contributed by atoms with Crippen LogP contribution >= 0.6 is 0 Å². The lowest BCUT2D eigenvalue weighted by Gasteiger charge is -2.08. The van der Waals surface area contributed by atoms with Crippen molar-refractivity contribution >= 4 is 0 Å². The molecule has 0 aliphatic heterocycles. The molecule has 1 aliphatic rings. The van der Waals surface area contributed by atoms with Gasteiger partial charge in [0.25, 0.3) is 0 Å². The topological polar surface area (TPSA) is 29.9 Å². The largest absolute Gasteiger partial charge is 0.310 e. The first-order valence-corrected chi connectivity index (χ1v) is 7.49. The first-order valence-electron chi connectivity index (χ1n) is 7.49. The second kappa shape index (κ2) is 5.41. The molecule has 0 saturated heterocycles. The first kappa shape index (κ1) is 13.4. The van der Waals surface area contributed by atoms with Crippen molar-refractivity contribution in [1.29, 1.82) is 0 Å². The van der Waals surface area contributed by atoms with Gasteiger partial charge < -0.3 is 5.32 Å². The fourth-order valence-electron chi connectivity index (χ4n) is 2.55. The zero-order valence-corrected chi connectivity index (χ0v) is 12.6. The fourth-order valence-corrected chi connectivity index (χ4v) is 2.55. The second-order valence-corrected chi connectivity index (χ2v) is 6.11. The highest BCUT2D eigenvalue weighted by Crippen LogP contribution is 2.28. The Kier molecular flexibility index (Phi) is 3.62. The molecule has 1 N–H and O–H groups in total. The Morgan fingerprint density at radius 3 is 2.85 bits per heavy atom. The summed E-state index contributed by atoms with van der Waals surface area (Å²) in [5.74, 6) is 0.444. The lowest BCUT2D eigenvalue weighted by atomic mass is 9.99. The number of hydrogen-bond donors (Lipinski definition) is 1. The Morgan fingerprint density at radius 2 is 2.15 bits per heavy atom. The summed E-state index contributed by atoms with van der Waals surface area (Å²) in [7, 11) is 1.99. The van der Waals surface area contributed by atoms with Crippen molar-refractivity contribution in [3.8, 4) is 11.1 Å². The van der Waals surface area contributed by atoms with Crippen LogP contribution < -0.4 is 5.32 Å². The molecular weight excluding hydrogens is 246 g/mol. The fraction of sp³-hybridized carbons (Fsp3) is 0.471. The van der Waals surface area contributed by atoms with Gasteiger partial charge >= 0.3 is 0 Å². The summed E-state index contributed by atoms with van der Waals surface area (Å²) in [5.41, 5.74) is 5.07. The Morgan fingerprint density at radius 1 is 1.35 bits per heavy atom. The monoisotopic (exact) mass is 269 g/mol. The summed E-state index contributed by atoms with van der Waals surface area (Å²) in [6, 6.07) is 9.57. The number of rotatable bonds is 5. The Hall–Kier alpha value is -1.61. The molecule has 1 aliphatic carbocycles. The molecule has 1 fully saturated rings. The van der Waals surface area contributed by atoms with Crippen LogP contribution in [0.15, 0.2) is 30.5 Å². The summed E-state index contributed by atoms with van der Waals surface area (Å²) < 4.78 is 1.92. The molecule has 106 valence electrons. The van der Waals surface area contributed by atoms with E-state index in [2.05, 4.69) is 54.7 Å². The van der Waals surface area contributed by atoms with Crippen molar-refractivity contribution in [2.45, 2.75) is 45.2 Å². The van der Waals surface area contributed by atoms with Gasteiger partial charge in [0.05, 0.1) is 5.69 Å². The predicted octanol–water partition coefficient (Wildman–Crippen LogP) is 3.46. The third-order valence-corrected chi connectivity index (χ3v) is 3.81. The summed E-state index contributed by atoms with van der Waals surface area (Å²) >= 11 is 0. The number of benzene rings is 1. The van der Waals surface area contributed by atoms with Gasteiger partial charge in [-0.2, -0.15) is 5.10 Å². The predicted molar refractivity (Wildman–Crippen MR) is 82.6 cm³/mol. The molecule has 0 atom stereocenters. The lowest BCUT2D eigenvalue weighted by Crippen LogP contribution is -2.15. The average molecular weight is 269 g/mol. The standard InChI is InChI=1S/C17H23N3/c1-12(2)17-16(11-20(3)19-17)14-6-4-5-13(9-14)10-18-15-7-8-15/h4-6,9,11-12,15,18H,7-8,10H2,1-3H3. The van der Waals surface area contributed by atoms with E-state index in [0.29, 0.717) is 5.92 Å². The van der Waals surface area contributed by atoms with Gasteiger partial charge in [-0.15, -0.1) is 0 Å². The minimum absolute atomic E-state index is 0.444. The van der Waals surface area contributed by atoms with Gasteiger partial charge in [0.1, 0.15) is 0 Å². The normalized spacial score (nSPS) is 15.0. The van der Waals surface area contributed by atoms with Gasteiger partial charge in [0.15, 0.2) is 0 Å². The van der Waals surface area contributed by atoms with E-state index < -0.39 is 0 Å². The van der Waals surface area contributed by atoms with Gasteiger partial charge in [-0.3, -0.25) is 4.68 Å². The molecule has 0 radical (unpaired) electrons. The van der Waals surface area contributed by atoms with Crippen LogP contribution in [0, 0.1) is 0 Å². The molecule has 3 heteroatoms. The molecule has 3 rings (SSSR count). The highest BCUT2D eigenvalue weighted by atomic mass is 15.3. The third-order valence-electron chi connectivity index (χ3n) is 3.81. The average Bonchev–Trinajstić information content (AvgIpc) is 3.17. The molecule has 1 saturated carbocycles. The van der Waals surface area contributed by atoms with Gasteiger partial charge in [0, 0.05) is 31.4 Å². The molecule has 1 heterocycles. The quantitative estimate of drug-likeness (QED) is 0.901. The van der Waals surface area contributed by atoms with E-state index in [1.165, 1.54) is 35.2 Å². The van der Waals surface area contributed by atoms with Crippen molar-refractivity contribution in [3.63, 3.8) is 0 Å². The van der Waals surface area contributed by atoms with E-state index in [4.69, 9.17) is 0 Å². The first-order chi connectivity index (χ1) is 9.63. The molecule has 0 bridgehead atoms. The van der Waals surface area contributed by atoms with Crippen molar-refractivity contribution in [2.75, 3.05) is 0 Å². The van der Waals surface area contributed by atoms with E-state index in [1.807, 2.05) is 11.7 Å². The zero-order chi connectivity index (χ0) is 14.1. The van der Waals surface area contributed by atoms with Crippen LogP contribution in [0.2, 0.25) is 0 Å². The van der Waals surface area contributed by atoms with Crippen LogP contribution in [0.25, 0.3) is 11.1 Å². The van der Waals surface area contributed by atoms with E-state index in [9.17, 15) is 0 Å².